The van der Waals surface area contributed by atoms with Crippen molar-refractivity contribution in [2.45, 2.75) is 5.16 Å². The molecule has 2 aromatic heterocycles. The van der Waals surface area contributed by atoms with E-state index >= 15 is 0 Å². The Morgan fingerprint density at radius 1 is 1.32 bits per heavy atom. The molecule has 0 aliphatic heterocycles. The molecule has 94 valence electrons. The van der Waals surface area contributed by atoms with E-state index in [0.29, 0.717) is 26.8 Å². The summed E-state index contributed by atoms with van der Waals surface area (Å²) < 4.78 is 0. The van der Waals surface area contributed by atoms with Gasteiger partial charge in [-0.15, -0.1) is 0 Å². The number of non-ortho nitro benzene ring substituents is 1. The monoisotopic (exact) mass is 272 g/mol. The lowest BCUT2D eigenvalue weighted by Crippen LogP contribution is -1.96. The van der Waals surface area contributed by atoms with Gasteiger partial charge >= 0.3 is 5.69 Å². The molecule has 0 bridgehead atoms. The highest BCUT2D eigenvalue weighted by molar-refractivity contribution is 7.98. The molecule has 0 saturated carbocycles. The highest BCUT2D eigenvalue weighted by atomic mass is 32.2. The van der Waals surface area contributed by atoms with Crippen LogP contribution in [0.5, 0.6) is 0 Å². The van der Waals surface area contributed by atoms with Gasteiger partial charge in [0.25, 0.3) is 0 Å². The number of nitro benzene ring substituents is 1. The third-order valence-corrected chi connectivity index (χ3v) is 3.36. The van der Waals surface area contributed by atoms with Gasteiger partial charge in [-0.1, -0.05) is 11.8 Å². The summed E-state index contributed by atoms with van der Waals surface area (Å²) in [4.78, 5) is 23.3. The largest absolute Gasteiger partial charge is 0.303 e. The van der Waals surface area contributed by atoms with E-state index in [1.54, 1.807) is 18.5 Å². The number of thioether (sulfide) groups is 1. The van der Waals surface area contributed by atoms with Gasteiger partial charge in [-0.25, -0.2) is 9.97 Å². The summed E-state index contributed by atoms with van der Waals surface area (Å²) in [6.07, 6.45) is 6.58. The van der Waals surface area contributed by atoms with E-state index in [1.165, 1.54) is 18.0 Å². The number of hydrogen-bond donors (Lipinski definition) is 0. The molecule has 0 atom stereocenters. The fraction of sp³-hybridized carbons (Fsp3) is 0.0833. The quantitative estimate of drug-likeness (QED) is 0.234. The number of benzene rings is 1. The number of pyridine rings is 1. The van der Waals surface area contributed by atoms with Crippen molar-refractivity contribution >= 4 is 39.1 Å². The van der Waals surface area contributed by atoms with Crippen LogP contribution < -0.4 is 0 Å². The van der Waals surface area contributed by atoms with E-state index in [2.05, 4.69) is 15.0 Å². The zero-order valence-corrected chi connectivity index (χ0v) is 10.7. The summed E-state index contributed by atoms with van der Waals surface area (Å²) in [5, 5.41) is 13.8. The summed E-state index contributed by atoms with van der Waals surface area (Å²) in [5.41, 5.74) is 0.371. The van der Waals surface area contributed by atoms with Crippen molar-refractivity contribution < 1.29 is 4.92 Å². The number of rotatable bonds is 2. The van der Waals surface area contributed by atoms with Crippen molar-refractivity contribution in [1.29, 1.82) is 0 Å². The Balaban J connectivity index is 2.52. The lowest BCUT2D eigenvalue weighted by molar-refractivity contribution is -0.381. The van der Waals surface area contributed by atoms with E-state index in [4.69, 9.17) is 0 Å². The second-order valence-corrected chi connectivity index (χ2v) is 4.65. The Labute approximate surface area is 112 Å². The van der Waals surface area contributed by atoms with Crippen LogP contribution in [-0.4, -0.2) is 26.1 Å². The molecule has 0 aliphatic rings. The Bertz CT molecular complexity index is 806. The molecule has 0 unspecified atom stereocenters. The van der Waals surface area contributed by atoms with Crippen LogP contribution in [0.1, 0.15) is 0 Å². The fourth-order valence-corrected chi connectivity index (χ4v) is 2.33. The van der Waals surface area contributed by atoms with Crippen molar-refractivity contribution in [2.75, 3.05) is 6.26 Å². The smallest absolute Gasteiger partial charge is 0.264 e. The first-order chi connectivity index (χ1) is 9.20. The molecule has 0 radical (unpaired) electrons. The summed E-state index contributed by atoms with van der Waals surface area (Å²) in [5.74, 6) is 0. The number of nitro groups is 1. The van der Waals surface area contributed by atoms with E-state index in [0.717, 1.165) is 0 Å². The Morgan fingerprint density at radius 2 is 2.16 bits per heavy atom. The Kier molecular flexibility index (Phi) is 2.75. The summed E-state index contributed by atoms with van der Waals surface area (Å²) in [6.45, 7) is 0. The molecule has 0 aliphatic carbocycles. The number of nitrogens with zero attached hydrogens (tertiary/aromatic N) is 4. The SMILES string of the molecule is CSc1ncc2cc3cnccc3c([N+](=O)[O-])c2n1. The van der Waals surface area contributed by atoms with Gasteiger partial charge in [-0.05, 0) is 18.4 Å². The Morgan fingerprint density at radius 3 is 2.89 bits per heavy atom. The van der Waals surface area contributed by atoms with Crippen molar-refractivity contribution in [3.05, 3.63) is 40.8 Å². The molecule has 7 heteroatoms. The number of fused-ring (bicyclic) bond motifs is 2. The predicted molar refractivity (Wildman–Crippen MR) is 73.3 cm³/mol. The molecular formula is C12H8N4O2S. The first-order valence-corrected chi connectivity index (χ1v) is 6.65. The van der Waals surface area contributed by atoms with Crippen molar-refractivity contribution in [3.63, 3.8) is 0 Å². The van der Waals surface area contributed by atoms with Crippen LogP contribution in [0, 0.1) is 10.1 Å². The first kappa shape index (κ1) is 11.8. The molecule has 3 rings (SSSR count). The number of hydrogen-bond acceptors (Lipinski definition) is 6. The summed E-state index contributed by atoms with van der Waals surface area (Å²) in [7, 11) is 0. The van der Waals surface area contributed by atoms with Gasteiger partial charge in [0, 0.05) is 29.4 Å². The van der Waals surface area contributed by atoms with Crippen LogP contribution in [0.3, 0.4) is 0 Å². The molecule has 0 N–H and O–H groups in total. The molecule has 0 amide bonds. The van der Waals surface area contributed by atoms with Crippen molar-refractivity contribution in [2.24, 2.45) is 0 Å². The minimum Gasteiger partial charge on any atom is -0.264 e. The maximum atomic E-state index is 11.3. The highest BCUT2D eigenvalue weighted by Crippen LogP contribution is 2.33. The van der Waals surface area contributed by atoms with Gasteiger partial charge in [0.2, 0.25) is 0 Å². The second kappa shape index (κ2) is 4.43. The Hall–Kier alpha value is -2.28. The molecule has 0 fully saturated rings. The molecule has 2 heterocycles. The first-order valence-electron chi connectivity index (χ1n) is 5.42. The van der Waals surface area contributed by atoms with Gasteiger partial charge in [-0.3, -0.25) is 15.1 Å². The maximum Gasteiger partial charge on any atom is 0.303 e. The van der Waals surface area contributed by atoms with E-state index in [1.807, 2.05) is 12.3 Å². The average molecular weight is 272 g/mol. The van der Waals surface area contributed by atoms with Gasteiger partial charge < -0.3 is 0 Å². The molecule has 3 aromatic rings. The molecule has 6 nitrogen and oxygen atoms in total. The average Bonchev–Trinajstić information content (AvgIpc) is 2.43. The molecule has 19 heavy (non-hydrogen) atoms. The standard InChI is InChI=1S/C12H8N4O2S/c1-19-12-14-6-8-4-7-5-13-3-2-9(7)11(16(17)18)10(8)15-12/h2-6H,1H3. The van der Waals surface area contributed by atoms with Gasteiger partial charge in [0.1, 0.15) is 0 Å². The lowest BCUT2D eigenvalue weighted by Gasteiger charge is -2.04. The highest BCUT2D eigenvalue weighted by Gasteiger charge is 2.19. The van der Waals surface area contributed by atoms with E-state index in [-0.39, 0.29) is 5.69 Å². The van der Waals surface area contributed by atoms with Crippen LogP contribution in [0.4, 0.5) is 5.69 Å². The zero-order chi connectivity index (χ0) is 13.4. The maximum absolute atomic E-state index is 11.3. The third-order valence-electron chi connectivity index (χ3n) is 2.80. The van der Waals surface area contributed by atoms with Gasteiger partial charge in [0.05, 0.1) is 10.3 Å². The summed E-state index contributed by atoms with van der Waals surface area (Å²) >= 11 is 1.35. The van der Waals surface area contributed by atoms with Gasteiger partial charge in [0.15, 0.2) is 10.7 Å². The predicted octanol–water partition coefficient (Wildman–Crippen LogP) is 2.81. The normalized spacial score (nSPS) is 11.0. The molecule has 0 saturated heterocycles. The van der Waals surface area contributed by atoms with E-state index < -0.39 is 4.92 Å². The van der Waals surface area contributed by atoms with Crippen LogP contribution in [0.15, 0.2) is 35.9 Å². The number of aromatic nitrogens is 3. The molecule has 1 aromatic carbocycles. The third kappa shape index (κ3) is 1.88. The van der Waals surface area contributed by atoms with Crippen LogP contribution >= 0.6 is 11.8 Å². The fourth-order valence-electron chi connectivity index (χ4n) is 1.99. The van der Waals surface area contributed by atoms with Crippen LogP contribution in [-0.2, 0) is 0 Å². The van der Waals surface area contributed by atoms with Crippen LogP contribution in [0.2, 0.25) is 0 Å². The van der Waals surface area contributed by atoms with Crippen molar-refractivity contribution in [1.82, 2.24) is 15.0 Å². The second-order valence-electron chi connectivity index (χ2n) is 3.87. The van der Waals surface area contributed by atoms with Crippen molar-refractivity contribution in [3.8, 4) is 0 Å². The topological polar surface area (TPSA) is 81.8 Å². The van der Waals surface area contributed by atoms with Crippen LogP contribution in [0.25, 0.3) is 21.7 Å². The van der Waals surface area contributed by atoms with E-state index in [9.17, 15) is 10.1 Å². The minimum atomic E-state index is -0.401. The molecular weight excluding hydrogens is 264 g/mol. The summed E-state index contributed by atoms with van der Waals surface area (Å²) in [6, 6.07) is 3.45. The van der Waals surface area contributed by atoms with Gasteiger partial charge in [-0.2, -0.15) is 0 Å². The minimum absolute atomic E-state index is 0.00704. The molecule has 0 spiro atoms. The zero-order valence-electron chi connectivity index (χ0n) is 9.90. The lowest BCUT2D eigenvalue weighted by atomic mass is 10.1.